The molecular weight excluding hydrogens is 200 g/mol. The number of carbonyl (C=O) groups is 2. The van der Waals surface area contributed by atoms with E-state index in [2.05, 4.69) is 0 Å². The topological polar surface area (TPSA) is 34.1 Å². The predicted molar refractivity (Wildman–Crippen MR) is 63.1 cm³/mol. The molecule has 0 amide bonds. The second-order valence-electron chi connectivity index (χ2n) is 6.87. The molecule has 0 radical (unpaired) electrons. The fourth-order valence-corrected chi connectivity index (χ4v) is 3.79. The van der Waals surface area contributed by atoms with Crippen LogP contribution in [0.3, 0.4) is 0 Å². The first kappa shape index (κ1) is 11.8. The van der Waals surface area contributed by atoms with E-state index in [4.69, 9.17) is 0 Å². The lowest BCUT2D eigenvalue weighted by atomic mass is 9.70. The van der Waals surface area contributed by atoms with Crippen LogP contribution in [0.25, 0.3) is 0 Å². The third-order valence-corrected chi connectivity index (χ3v) is 4.75. The molecule has 0 aromatic carbocycles. The van der Waals surface area contributed by atoms with Gasteiger partial charge in [0.2, 0.25) is 0 Å². The zero-order chi connectivity index (χ0) is 12.2. The zero-order valence-electron chi connectivity index (χ0n) is 10.9. The van der Waals surface area contributed by atoms with Gasteiger partial charge in [-0.05, 0) is 39.0 Å². The summed E-state index contributed by atoms with van der Waals surface area (Å²) in [5.74, 6) is 0.675. The van der Waals surface area contributed by atoms with Gasteiger partial charge in [-0.2, -0.15) is 0 Å². The Labute approximate surface area is 97.8 Å². The zero-order valence-corrected chi connectivity index (χ0v) is 10.9. The van der Waals surface area contributed by atoms with Crippen molar-refractivity contribution < 1.29 is 9.59 Å². The molecule has 2 rings (SSSR count). The summed E-state index contributed by atoms with van der Waals surface area (Å²) in [7, 11) is 0. The molecule has 0 aliphatic heterocycles. The molecule has 16 heavy (non-hydrogen) atoms. The van der Waals surface area contributed by atoms with Gasteiger partial charge < -0.3 is 0 Å². The highest BCUT2D eigenvalue weighted by Crippen LogP contribution is 2.63. The van der Waals surface area contributed by atoms with Gasteiger partial charge in [0.1, 0.15) is 11.6 Å². The average molecular weight is 222 g/mol. The van der Waals surface area contributed by atoms with Crippen molar-refractivity contribution in [2.24, 2.45) is 16.2 Å². The van der Waals surface area contributed by atoms with Gasteiger partial charge in [0, 0.05) is 16.2 Å². The lowest BCUT2D eigenvalue weighted by molar-refractivity contribution is -0.136. The van der Waals surface area contributed by atoms with Crippen LogP contribution in [-0.4, -0.2) is 11.6 Å². The van der Waals surface area contributed by atoms with E-state index in [9.17, 15) is 9.59 Å². The summed E-state index contributed by atoms with van der Waals surface area (Å²) in [5, 5.41) is 0. The normalized spacial score (nSPS) is 37.8. The standard InChI is InChI=1S/C14H22O2/c1-10(15)13-5-7-14(9-13,8-6-13)11(16)12(2,3)4/h5-9H2,1-4H3. The van der Waals surface area contributed by atoms with Gasteiger partial charge in [0.15, 0.2) is 0 Å². The Morgan fingerprint density at radius 2 is 1.38 bits per heavy atom. The molecular formula is C14H22O2. The number of rotatable bonds is 2. The molecule has 2 fully saturated rings. The quantitative estimate of drug-likeness (QED) is 0.719. The van der Waals surface area contributed by atoms with Crippen LogP contribution in [0.1, 0.15) is 59.8 Å². The van der Waals surface area contributed by atoms with E-state index in [1.165, 1.54) is 0 Å². The summed E-state index contributed by atoms with van der Waals surface area (Å²) < 4.78 is 0. The SMILES string of the molecule is CC(=O)C12CCC(C(=O)C(C)(C)C)(CC1)C2. The molecule has 0 heterocycles. The van der Waals surface area contributed by atoms with Crippen molar-refractivity contribution in [3.05, 3.63) is 0 Å². The molecule has 2 saturated carbocycles. The van der Waals surface area contributed by atoms with Crippen molar-refractivity contribution in [3.63, 3.8) is 0 Å². The van der Waals surface area contributed by atoms with Crippen molar-refractivity contribution in [2.75, 3.05) is 0 Å². The van der Waals surface area contributed by atoms with E-state index in [-0.39, 0.29) is 16.2 Å². The van der Waals surface area contributed by atoms with Gasteiger partial charge in [-0.15, -0.1) is 0 Å². The van der Waals surface area contributed by atoms with Crippen molar-refractivity contribution in [1.29, 1.82) is 0 Å². The molecule has 2 bridgehead atoms. The second-order valence-corrected chi connectivity index (χ2v) is 6.87. The highest BCUT2D eigenvalue weighted by molar-refractivity contribution is 5.93. The number of fused-ring (bicyclic) bond motifs is 2. The molecule has 0 unspecified atom stereocenters. The summed E-state index contributed by atoms with van der Waals surface area (Å²) in [4.78, 5) is 24.2. The molecule has 0 spiro atoms. The van der Waals surface area contributed by atoms with Gasteiger partial charge >= 0.3 is 0 Å². The minimum atomic E-state index is -0.267. The number of ketones is 2. The summed E-state index contributed by atoms with van der Waals surface area (Å²) in [6.07, 6.45) is 4.56. The molecule has 2 aliphatic rings. The van der Waals surface area contributed by atoms with Gasteiger partial charge in [0.05, 0.1) is 0 Å². The Bertz CT molecular complexity index is 338. The van der Waals surface area contributed by atoms with Crippen molar-refractivity contribution in [1.82, 2.24) is 0 Å². The molecule has 0 atom stereocenters. The first-order valence-corrected chi connectivity index (χ1v) is 6.28. The lowest BCUT2D eigenvalue weighted by Crippen LogP contribution is -2.36. The maximum Gasteiger partial charge on any atom is 0.144 e. The third kappa shape index (κ3) is 1.46. The highest BCUT2D eigenvalue weighted by atomic mass is 16.1. The summed E-state index contributed by atoms with van der Waals surface area (Å²) in [6.45, 7) is 7.69. The van der Waals surface area contributed by atoms with E-state index in [0.29, 0.717) is 11.6 Å². The monoisotopic (exact) mass is 222 g/mol. The largest absolute Gasteiger partial charge is 0.299 e. The summed E-state index contributed by atoms with van der Waals surface area (Å²) >= 11 is 0. The second kappa shape index (κ2) is 3.18. The van der Waals surface area contributed by atoms with E-state index < -0.39 is 0 Å². The first-order valence-electron chi connectivity index (χ1n) is 6.28. The van der Waals surface area contributed by atoms with Crippen LogP contribution in [0, 0.1) is 16.2 Å². The average Bonchev–Trinajstić information content (AvgIpc) is 2.72. The number of carbonyl (C=O) groups excluding carboxylic acids is 2. The summed E-state index contributed by atoms with van der Waals surface area (Å²) in [6, 6.07) is 0. The minimum Gasteiger partial charge on any atom is -0.299 e. The Morgan fingerprint density at radius 3 is 1.69 bits per heavy atom. The van der Waals surface area contributed by atoms with E-state index >= 15 is 0 Å². The van der Waals surface area contributed by atoms with Crippen LogP contribution in [0.4, 0.5) is 0 Å². The predicted octanol–water partition coefficient (Wildman–Crippen LogP) is 3.14. The van der Waals surface area contributed by atoms with Crippen LogP contribution in [0.2, 0.25) is 0 Å². The van der Waals surface area contributed by atoms with Crippen LogP contribution in [-0.2, 0) is 9.59 Å². The lowest BCUT2D eigenvalue weighted by Gasteiger charge is -2.32. The van der Waals surface area contributed by atoms with Crippen LogP contribution in [0.15, 0.2) is 0 Å². The maximum atomic E-state index is 12.5. The van der Waals surface area contributed by atoms with Crippen molar-refractivity contribution >= 4 is 11.6 Å². The van der Waals surface area contributed by atoms with Crippen molar-refractivity contribution in [2.45, 2.75) is 59.8 Å². The van der Waals surface area contributed by atoms with E-state index in [0.717, 1.165) is 32.1 Å². The Hall–Kier alpha value is -0.660. The van der Waals surface area contributed by atoms with Crippen LogP contribution < -0.4 is 0 Å². The van der Waals surface area contributed by atoms with E-state index in [1.54, 1.807) is 6.92 Å². The number of hydrogen-bond donors (Lipinski definition) is 0. The Kier molecular flexibility index (Phi) is 2.35. The fourth-order valence-electron chi connectivity index (χ4n) is 3.79. The molecule has 0 aromatic rings. The van der Waals surface area contributed by atoms with Crippen molar-refractivity contribution in [3.8, 4) is 0 Å². The molecule has 0 aromatic heterocycles. The molecule has 0 N–H and O–H groups in total. The van der Waals surface area contributed by atoms with Gasteiger partial charge in [0.25, 0.3) is 0 Å². The third-order valence-electron chi connectivity index (χ3n) is 4.75. The first-order chi connectivity index (χ1) is 7.22. The molecule has 2 aliphatic carbocycles. The van der Waals surface area contributed by atoms with E-state index in [1.807, 2.05) is 20.8 Å². The molecule has 0 saturated heterocycles. The smallest absolute Gasteiger partial charge is 0.144 e. The molecule has 90 valence electrons. The van der Waals surface area contributed by atoms with Crippen LogP contribution in [0.5, 0.6) is 0 Å². The summed E-state index contributed by atoms with van der Waals surface area (Å²) in [5.41, 5.74) is -0.567. The Morgan fingerprint density at radius 1 is 0.938 bits per heavy atom. The Balaban J connectivity index is 2.27. The fraction of sp³-hybridized carbons (Fsp3) is 0.857. The highest BCUT2D eigenvalue weighted by Gasteiger charge is 2.60. The minimum absolute atomic E-state index is 0.138. The van der Waals surface area contributed by atoms with Gasteiger partial charge in [-0.25, -0.2) is 0 Å². The number of Topliss-reactive ketones (excluding diaryl/α,β-unsaturated/α-hetero) is 2. The number of hydrogen-bond acceptors (Lipinski definition) is 2. The van der Waals surface area contributed by atoms with Gasteiger partial charge in [-0.3, -0.25) is 9.59 Å². The molecule has 2 heteroatoms. The molecule has 2 nitrogen and oxygen atoms in total. The van der Waals surface area contributed by atoms with Gasteiger partial charge in [-0.1, -0.05) is 20.8 Å². The van der Waals surface area contributed by atoms with Crippen LogP contribution >= 0.6 is 0 Å². The maximum absolute atomic E-state index is 12.5.